The molecule has 2 aromatic heterocycles. The average Bonchev–Trinajstić information content (AvgIpc) is 2.63. The molecule has 8 nitrogen and oxygen atoms in total. The standard InChI is InChI=1S/C17H21N7O/c1-21-9-12(7-18)11-5-15-14(22-10-11)3-4-17(23-15)24-16(20)6-13(8-19)25-2/h3-10,18,21H,19-20H2,1-2H3,(H,23,24)/b12-9+,13-8+,16-6+,18-7?. The topological polar surface area (TPSA) is 135 Å². The molecule has 0 spiro atoms. The molecule has 0 saturated carbocycles. The molecule has 2 heterocycles. The number of nitrogens with two attached hydrogens (primary N) is 2. The zero-order valence-corrected chi connectivity index (χ0v) is 14.1. The van der Waals surface area contributed by atoms with Gasteiger partial charge in [0.25, 0.3) is 0 Å². The number of fused-ring (bicyclic) bond motifs is 1. The fourth-order valence-corrected chi connectivity index (χ4v) is 2.11. The van der Waals surface area contributed by atoms with Crippen molar-refractivity contribution in [2.24, 2.45) is 11.5 Å². The van der Waals surface area contributed by atoms with E-state index < -0.39 is 0 Å². The number of rotatable bonds is 7. The molecule has 0 fully saturated rings. The number of nitrogens with one attached hydrogen (secondary N) is 3. The molecule has 2 aromatic rings. The fraction of sp³-hybridized carbons (Fsp3) is 0.118. The summed E-state index contributed by atoms with van der Waals surface area (Å²) in [6.45, 7) is 0. The van der Waals surface area contributed by atoms with Crippen molar-refractivity contribution in [2.75, 3.05) is 19.5 Å². The van der Waals surface area contributed by atoms with Crippen LogP contribution in [0.15, 0.2) is 54.5 Å². The van der Waals surface area contributed by atoms with Crippen LogP contribution < -0.4 is 22.1 Å². The van der Waals surface area contributed by atoms with Gasteiger partial charge in [-0.1, -0.05) is 0 Å². The number of nitrogens with zero attached hydrogens (tertiary/aromatic N) is 2. The molecule has 25 heavy (non-hydrogen) atoms. The fourth-order valence-electron chi connectivity index (χ4n) is 2.11. The second-order valence-electron chi connectivity index (χ2n) is 4.99. The van der Waals surface area contributed by atoms with Crippen LogP contribution in [0.4, 0.5) is 5.82 Å². The van der Waals surface area contributed by atoms with Crippen molar-refractivity contribution in [3.05, 3.63) is 60.0 Å². The van der Waals surface area contributed by atoms with Gasteiger partial charge in [0.2, 0.25) is 0 Å². The van der Waals surface area contributed by atoms with Crippen LogP contribution in [0.3, 0.4) is 0 Å². The maximum Gasteiger partial charge on any atom is 0.137 e. The summed E-state index contributed by atoms with van der Waals surface area (Å²) in [5.41, 5.74) is 14.2. The molecule has 0 saturated heterocycles. The second-order valence-corrected chi connectivity index (χ2v) is 4.99. The molecular formula is C17H21N7O. The lowest BCUT2D eigenvalue weighted by Crippen LogP contribution is -2.11. The highest BCUT2D eigenvalue weighted by Crippen LogP contribution is 2.19. The molecule has 0 aliphatic carbocycles. The van der Waals surface area contributed by atoms with Gasteiger partial charge in [-0.15, -0.1) is 0 Å². The highest BCUT2D eigenvalue weighted by atomic mass is 16.5. The molecular weight excluding hydrogens is 318 g/mol. The van der Waals surface area contributed by atoms with Crippen molar-refractivity contribution < 1.29 is 4.74 Å². The molecule has 7 N–H and O–H groups in total. The van der Waals surface area contributed by atoms with Gasteiger partial charge in [0.15, 0.2) is 0 Å². The van der Waals surface area contributed by atoms with Gasteiger partial charge in [0.05, 0.1) is 18.1 Å². The molecule has 2 rings (SSSR count). The van der Waals surface area contributed by atoms with Gasteiger partial charge in [0, 0.05) is 49.1 Å². The first kappa shape index (κ1) is 17.8. The maximum absolute atomic E-state index is 7.50. The summed E-state index contributed by atoms with van der Waals surface area (Å²) < 4.78 is 5.03. The predicted octanol–water partition coefficient (Wildman–Crippen LogP) is 1.50. The highest BCUT2D eigenvalue weighted by Gasteiger charge is 2.05. The van der Waals surface area contributed by atoms with Crippen molar-refractivity contribution in [2.45, 2.75) is 0 Å². The third-order valence-electron chi connectivity index (χ3n) is 3.30. The third-order valence-corrected chi connectivity index (χ3v) is 3.30. The maximum atomic E-state index is 7.50. The first-order chi connectivity index (χ1) is 12.1. The van der Waals surface area contributed by atoms with Gasteiger partial charge < -0.3 is 32.2 Å². The summed E-state index contributed by atoms with van der Waals surface area (Å²) in [6, 6.07) is 5.47. The lowest BCUT2D eigenvalue weighted by molar-refractivity contribution is 0.305. The van der Waals surface area contributed by atoms with E-state index in [2.05, 4.69) is 20.6 Å². The van der Waals surface area contributed by atoms with Crippen LogP contribution >= 0.6 is 0 Å². The van der Waals surface area contributed by atoms with Gasteiger partial charge >= 0.3 is 0 Å². The summed E-state index contributed by atoms with van der Waals surface area (Å²) in [5, 5.41) is 13.4. The smallest absolute Gasteiger partial charge is 0.137 e. The molecule has 0 amide bonds. The van der Waals surface area contributed by atoms with Crippen LogP contribution in [0, 0.1) is 5.41 Å². The van der Waals surface area contributed by atoms with Crippen LogP contribution in [0.25, 0.3) is 16.6 Å². The van der Waals surface area contributed by atoms with E-state index in [0.717, 1.165) is 11.1 Å². The van der Waals surface area contributed by atoms with Crippen LogP contribution in [-0.2, 0) is 4.74 Å². The number of methoxy groups -OCH3 is 1. The van der Waals surface area contributed by atoms with Gasteiger partial charge in [-0.25, -0.2) is 4.98 Å². The van der Waals surface area contributed by atoms with E-state index in [0.29, 0.717) is 28.5 Å². The quantitative estimate of drug-likeness (QED) is 0.293. The Morgan fingerprint density at radius 2 is 2.12 bits per heavy atom. The zero-order valence-electron chi connectivity index (χ0n) is 14.1. The Balaban J connectivity index is 2.34. The van der Waals surface area contributed by atoms with E-state index in [4.69, 9.17) is 21.6 Å². The van der Waals surface area contributed by atoms with Crippen LogP contribution in [0.2, 0.25) is 0 Å². The van der Waals surface area contributed by atoms with Gasteiger partial charge in [0.1, 0.15) is 17.4 Å². The SMILES string of the molecule is CN/C=C(\C=N)c1cnc2ccc(N/C(N)=C/C(=C\N)OC)nc2c1. The van der Waals surface area contributed by atoms with Crippen molar-refractivity contribution >= 4 is 28.6 Å². The van der Waals surface area contributed by atoms with Gasteiger partial charge in [-0.05, 0) is 18.2 Å². The second kappa shape index (κ2) is 8.34. The molecule has 8 heteroatoms. The van der Waals surface area contributed by atoms with Gasteiger partial charge in [-0.2, -0.15) is 0 Å². The first-order valence-electron chi connectivity index (χ1n) is 7.46. The number of allylic oxidation sites excluding steroid dienone is 2. The number of pyridine rings is 2. The predicted molar refractivity (Wildman–Crippen MR) is 101 cm³/mol. The van der Waals surface area contributed by atoms with E-state index in [1.807, 2.05) is 12.1 Å². The Bertz CT molecular complexity index is 855. The minimum absolute atomic E-state index is 0.338. The Kier molecular flexibility index (Phi) is 5.94. The molecule has 130 valence electrons. The molecule has 0 radical (unpaired) electrons. The van der Waals surface area contributed by atoms with E-state index >= 15 is 0 Å². The van der Waals surface area contributed by atoms with E-state index in [-0.39, 0.29) is 0 Å². The van der Waals surface area contributed by atoms with Crippen LogP contribution in [0.1, 0.15) is 5.56 Å². The van der Waals surface area contributed by atoms with E-state index in [1.165, 1.54) is 19.5 Å². The normalized spacial score (nSPS) is 12.8. The minimum Gasteiger partial charge on any atom is -0.495 e. The number of ether oxygens (including phenoxy) is 1. The number of anilines is 1. The summed E-state index contributed by atoms with van der Waals surface area (Å²) in [4.78, 5) is 8.88. The first-order valence-corrected chi connectivity index (χ1v) is 7.46. The largest absolute Gasteiger partial charge is 0.495 e. The number of hydrogen-bond donors (Lipinski definition) is 5. The molecule has 0 atom stereocenters. The number of aromatic nitrogens is 2. The van der Waals surface area contributed by atoms with Crippen molar-refractivity contribution in [3.63, 3.8) is 0 Å². The Morgan fingerprint density at radius 3 is 2.76 bits per heavy atom. The monoisotopic (exact) mass is 339 g/mol. The molecule has 0 bridgehead atoms. The Morgan fingerprint density at radius 1 is 1.32 bits per heavy atom. The lowest BCUT2D eigenvalue weighted by Gasteiger charge is -2.08. The average molecular weight is 339 g/mol. The summed E-state index contributed by atoms with van der Waals surface area (Å²) >= 11 is 0. The summed E-state index contributed by atoms with van der Waals surface area (Å²) in [6.07, 6.45) is 7.56. The van der Waals surface area contributed by atoms with Crippen molar-refractivity contribution in [1.82, 2.24) is 15.3 Å². The van der Waals surface area contributed by atoms with E-state index in [9.17, 15) is 0 Å². The summed E-state index contributed by atoms with van der Waals surface area (Å²) in [5.74, 6) is 1.33. The van der Waals surface area contributed by atoms with Crippen molar-refractivity contribution in [1.29, 1.82) is 5.41 Å². The Labute approximate surface area is 145 Å². The van der Waals surface area contributed by atoms with Crippen LogP contribution in [0.5, 0.6) is 0 Å². The molecule has 0 aliphatic rings. The molecule has 0 unspecified atom stereocenters. The highest BCUT2D eigenvalue weighted by molar-refractivity contribution is 6.08. The van der Waals surface area contributed by atoms with Crippen LogP contribution in [-0.4, -0.2) is 30.3 Å². The molecule has 0 aromatic carbocycles. The van der Waals surface area contributed by atoms with Crippen molar-refractivity contribution in [3.8, 4) is 0 Å². The van der Waals surface area contributed by atoms with E-state index in [1.54, 1.807) is 31.6 Å². The lowest BCUT2D eigenvalue weighted by atomic mass is 10.1. The minimum atomic E-state index is 0.338. The molecule has 0 aliphatic heterocycles. The third kappa shape index (κ3) is 4.47. The number of hydrogen-bond acceptors (Lipinski definition) is 8. The Hall–Kier alpha value is -3.55. The summed E-state index contributed by atoms with van der Waals surface area (Å²) in [7, 11) is 3.28. The zero-order chi connectivity index (χ0) is 18.2. The van der Waals surface area contributed by atoms with Gasteiger partial charge in [-0.3, -0.25) is 4.98 Å².